The number of hydrogen-bond acceptors (Lipinski definition) is 3. The molecule has 0 heterocycles. The third kappa shape index (κ3) is 5.05. The van der Waals surface area contributed by atoms with E-state index in [0.29, 0.717) is 11.6 Å². The van der Waals surface area contributed by atoms with E-state index in [1.807, 2.05) is 24.3 Å². The van der Waals surface area contributed by atoms with Crippen molar-refractivity contribution >= 4 is 17.4 Å². The average molecular weight is 342 g/mol. The lowest BCUT2D eigenvalue weighted by Crippen LogP contribution is -2.42. The standard InChI is InChI=1S/C20H30N4O/c1-14(25)15-7-6-10-17(13-15)23-20(22-16-8-2-3-9-16)24-19-12-5-4-11-18(19)21/h6-7,10,13,16,18-19H,2-5,8-9,11-12,21H2,1H3,(H2,22,23,24)/t18-,19-/m0/s1. The molecule has 2 aliphatic carbocycles. The van der Waals surface area contributed by atoms with Crippen molar-refractivity contribution in [3.63, 3.8) is 0 Å². The van der Waals surface area contributed by atoms with Crippen molar-refractivity contribution in [3.8, 4) is 0 Å². The first-order valence-corrected chi connectivity index (χ1v) is 9.60. The molecular formula is C20H30N4O. The monoisotopic (exact) mass is 342 g/mol. The number of rotatable bonds is 4. The quantitative estimate of drug-likeness (QED) is 0.445. The lowest BCUT2D eigenvalue weighted by atomic mass is 9.91. The minimum Gasteiger partial charge on any atom is -0.353 e. The molecule has 136 valence electrons. The Balaban J connectivity index is 1.77. The van der Waals surface area contributed by atoms with Crippen LogP contribution in [-0.4, -0.2) is 29.9 Å². The molecule has 4 N–H and O–H groups in total. The fourth-order valence-electron chi connectivity index (χ4n) is 3.79. The van der Waals surface area contributed by atoms with Gasteiger partial charge < -0.3 is 16.4 Å². The smallest absolute Gasteiger partial charge is 0.196 e. The van der Waals surface area contributed by atoms with Crippen LogP contribution < -0.4 is 16.4 Å². The fourth-order valence-corrected chi connectivity index (χ4v) is 3.79. The number of nitrogens with two attached hydrogens (primary N) is 1. The number of ketones is 1. The first-order chi connectivity index (χ1) is 12.1. The Morgan fingerprint density at radius 1 is 1.12 bits per heavy atom. The van der Waals surface area contributed by atoms with Crippen molar-refractivity contribution in [2.24, 2.45) is 10.7 Å². The maximum absolute atomic E-state index is 11.6. The number of carbonyl (C=O) groups excluding carboxylic acids is 1. The third-order valence-electron chi connectivity index (χ3n) is 5.30. The first-order valence-electron chi connectivity index (χ1n) is 9.60. The van der Waals surface area contributed by atoms with Gasteiger partial charge in [0.25, 0.3) is 0 Å². The predicted octanol–water partition coefficient (Wildman–Crippen LogP) is 3.46. The molecule has 0 spiro atoms. The van der Waals surface area contributed by atoms with Crippen molar-refractivity contribution in [3.05, 3.63) is 29.8 Å². The Labute approximate surface area is 150 Å². The van der Waals surface area contributed by atoms with Gasteiger partial charge in [0.15, 0.2) is 11.7 Å². The van der Waals surface area contributed by atoms with E-state index in [1.54, 1.807) is 6.92 Å². The van der Waals surface area contributed by atoms with Gasteiger partial charge in [0.05, 0.1) is 6.04 Å². The number of nitrogens with zero attached hydrogens (tertiary/aromatic N) is 1. The van der Waals surface area contributed by atoms with Gasteiger partial charge in [-0.15, -0.1) is 0 Å². The van der Waals surface area contributed by atoms with Gasteiger partial charge >= 0.3 is 0 Å². The van der Waals surface area contributed by atoms with E-state index < -0.39 is 0 Å². The van der Waals surface area contributed by atoms with Crippen LogP contribution in [0.1, 0.15) is 68.6 Å². The van der Waals surface area contributed by atoms with Crippen molar-refractivity contribution in [2.45, 2.75) is 76.4 Å². The van der Waals surface area contributed by atoms with Gasteiger partial charge in [0.2, 0.25) is 0 Å². The highest BCUT2D eigenvalue weighted by Crippen LogP contribution is 2.22. The Morgan fingerprint density at radius 2 is 1.84 bits per heavy atom. The number of anilines is 1. The highest BCUT2D eigenvalue weighted by Gasteiger charge is 2.23. The van der Waals surface area contributed by atoms with Gasteiger partial charge in [-0.3, -0.25) is 4.79 Å². The SMILES string of the molecule is CC(=O)c1cccc(NC(=N[C@H]2CCCC[C@@H]2N)NC2CCCC2)c1. The van der Waals surface area contributed by atoms with Gasteiger partial charge in [-0.1, -0.05) is 37.8 Å². The van der Waals surface area contributed by atoms with Crippen LogP contribution >= 0.6 is 0 Å². The lowest BCUT2D eigenvalue weighted by Gasteiger charge is -2.27. The second-order valence-corrected chi connectivity index (χ2v) is 7.38. The Bertz CT molecular complexity index is 622. The topological polar surface area (TPSA) is 79.5 Å². The summed E-state index contributed by atoms with van der Waals surface area (Å²) >= 11 is 0. The molecule has 5 nitrogen and oxygen atoms in total. The molecule has 2 atom stereocenters. The van der Waals surface area contributed by atoms with Crippen LogP contribution in [0.5, 0.6) is 0 Å². The van der Waals surface area contributed by atoms with Crippen LogP contribution in [0.25, 0.3) is 0 Å². The van der Waals surface area contributed by atoms with E-state index in [-0.39, 0.29) is 17.9 Å². The van der Waals surface area contributed by atoms with E-state index in [4.69, 9.17) is 10.7 Å². The second-order valence-electron chi connectivity index (χ2n) is 7.38. The summed E-state index contributed by atoms with van der Waals surface area (Å²) in [5.74, 6) is 0.871. The average Bonchev–Trinajstić information content (AvgIpc) is 3.10. The Hall–Kier alpha value is -1.88. The Morgan fingerprint density at radius 3 is 2.56 bits per heavy atom. The summed E-state index contributed by atoms with van der Waals surface area (Å²) in [4.78, 5) is 16.6. The van der Waals surface area contributed by atoms with Crippen molar-refractivity contribution in [1.29, 1.82) is 0 Å². The summed E-state index contributed by atoms with van der Waals surface area (Å²) in [6, 6.07) is 8.38. The largest absolute Gasteiger partial charge is 0.353 e. The third-order valence-corrected chi connectivity index (χ3v) is 5.30. The molecule has 0 aromatic heterocycles. The van der Waals surface area contributed by atoms with Crippen molar-refractivity contribution < 1.29 is 4.79 Å². The zero-order valence-corrected chi connectivity index (χ0v) is 15.1. The lowest BCUT2D eigenvalue weighted by molar-refractivity contribution is 0.101. The van der Waals surface area contributed by atoms with E-state index in [2.05, 4.69) is 10.6 Å². The predicted molar refractivity (Wildman–Crippen MR) is 103 cm³/mol. The van der Waals surface area contributed by atoms with Gasteiger partial charge in [-0.25, -0.2) is 4.99 Å². The molecule has 2 aliphatic rings. The number of carbonyl (C=O) groups is 1. The summed E-state index contributed by atoms with van der Waals surface area (Å²) < 4.78 is 0. The normalized spacial score (nSPS) is 25.0. The molecule has 1 aromatic rings. The molecule has 1 aromatic carbocycles. The molecule has 0 amide bonds. The summed E-state index contributed by atoms with van der Waals surface area (Å²) in [6.45, 7) is 1.59. The molecule has 5 heteroatoms. The van der Waals surface area contributed by atoms with Crippen LogP contribution in [0.4, 0.5) is 5.69 Å². The number of benzene rings is 1. The van der Waals surface area contributed by atoms with Crippen LogP contribution in [0.15, 0.2) is 29.3 Å². The highest BCUT2D eigenvalue weighted by molar-refractivity contribution is 5.98. The van der Waals surface area contributed by atoms with Gasteiger partial charge in [0, 0.05) is 23.3 Å². The van der Waals surface area contributed by atoms with E-state index in [9.17, 15) is 4.79 Å². The summed E-state index contributed by atoms with van der Waals surface area (Å²) in [5.41, 5.74) is 7.88. The summed E-state index contributed by atoms with van der Waals surface area (Å²) in [5, 5.41) is 6.98. The number of Topliss-reactive ketones (excluding diaryl/α,β-unsaturated/α-hetero) is 1. The minimum atomic E-state index is 0.0696. The molecule has 2 saturated carbocycles. The van der Waals surface area contributed by atoms with Crippen LogP contribution in [-0.2, 0) is 0 Å². The van der Waals surface area contributed by atoms with E-state index in [1.165, 1.54) is 38.5 Å². The molecule has 3 rings (SSSR count). The van der Waals surface area contributed by atoms with E-state index in [0.717, 1.165) is 24.5 Å². The van der Waals surface area contributed by atoms with Crippen LogP contribution in [0.2, 0.25) is 0 Å². The molecule has 2 fully saturated rings. The molecule has 25 heavy (non-hydrogen) atoms. The molecular weight excluding hydrogens is 312 g/mol. The van der Waals surface area contributed by atoms with Crippen molar-refractivity contribution in [1.82, 2.24) is 5.32 Å². The molecule has 0 radical (unpaired) electrons. The van der Waals surface area contributed by atoms with Gasteiger partial charge in [-0.05, 0) is 44.7 Å². The number of aliphatic imine (C=N–C) groups is 1. The van der Waals surface area contributed by atoms with Crippen molar-refractivity contribution in [2.75, 3.05) is 5.32 Å². The minimum absolute atomic E-state index is 0.0696. The van der Waals surface area contributed by atoms with Gasteiger partial charge in [0.1, 0.15) is 0 Å². The van der Waals surface area contributed by atoms with E-state index >= 15 is 0 Å². The maximum Gasteiger partial charge on any atom is 0.196 e. The van der Waals surface area contributed by atoms with Crippen LogP contribution in [0, 0.1) is 0 Å². The molecule has 0 saturated heterocycles. The highest BCUT2D eigenvalue weighted by atomic mass is 16.1. The second kappa shape index (κ2) is 8.48. The zero-order valence-electron chi connectivity index (χ0n) is 15.1. The Kier molecular flexibility index (Phi) is 6.08. The number of nitrogens with one attached hydrogen (secondary N) is 2. The molecule has 0 aliphatic heterocycles. The molecule has 0 unspecified atom stereocenters. The summed E-state index contributed by atoms with van der Waals surface area (Å²) in [7, 11) is 0. The number of hydrogen-bond donors (Lipinski definition) is 3. The van der Waals surface area contributed by atoms with Gasteiger partial charge in [-0.2, -0.15) is 0 Å². The summed E-state index contributed by atoms with van der Waals surface area (Å²) in [6.07, 6.45) is 9.40. The first kappa shape index (κ1) is 17.9. The zero-order chi connectivity index (χ0) is 17.6. The van der Waals surface area contributed by atoms with Crippen LogP contribution in [0.3, 0.4) is 0 Å². The fraction of sp³-hybridized carbons (Fsp3) is 0.600. The molecule has 0 bridgehead atoms. The maximum atomic E-state index is 11.6. The number of guanidine groups is 1.